The molecule has 1 N–H and O–H groups in total. The smallest absolute Gasteiger partial charge is 0.133 e. The fraction of sp³-hybridized carbons (Fsp3) is 0.267. The normalized spacial score (nSPS) is 10.6. The first-order valence-electron chi connectivity index (χ1n) is 6.08. The summed E-state index contributed by atoms with van der Waals surface area (Å²) in [6.45, 7) is 4.05. The fourth-order valence-electron chi connectivity index (χ4n) is 2.05. The van der Waals surface area contributed by atoms with E-state index in [4.69, 9.17) is 11.6 Å². The Morgan fingerprint density at radius 2 is 1.79 bits per heavy atom. The molecule has 0 atom stereocenters. The average Bonchev–Trinajstić information content (AvgIpc) is 2.37. The average molecular weight is 277 g/mol. The molecule has 2 aromatic rings. The van der Waals surface area contributed by atoms with Crippen molar-refractivity contribution in [1.29, 1.82) is 0 Å². The highest BCUT2D eigenvalue weighted by Crippen LogP contribution is 2.26. The molecule has 0 unspecified atom stereocenters. The third kappa shape index (κ3) is 3.06. The molecule has 19 heavy (non-hydrogen) atoms. The first-order valence-corrected chi connectivity index (χ1v) is 6.46. The van der Waals surface area contributed by atoms with Crippen molar-refractivity contribution in [3.05, 3.63) is 52.2 Å². The molecule has 100 valence electrons. The van der Waals surface area contributed by atoms with E-state index in [1.165, 1.54) is 11.1 Å². The van der Waals surface area contributed by atoms with Crippen LogP contribution in [0.25, 0.3) is 0 Å². The minimum atomic E-state index is -0.0883. The number of aliphatic hydroxyl groups is 1. The van der Waals surface area contributed by atoms with E-state index in [-0.39, 0.29) is 6.61 Å². The molecule has 0 aliphatic heterocycles. The minimum absolute atomic E-state index is 0.0883. The third-order valence-corrected chi connectivity index (χ3v) is 3.37. The van der Waals surface area contributed by atoms with Gasteiger partial charge in [0, 0.05) is 24.5 Å². The summed E-state index contributed by atoms with van der Waals surface area (Å²) in [7, 11) is 1.95. The molecule has 0 aliphatic rings. The SMILES string of the molecule is Cc1cc(C)cc(N(C)c2cc(CO)c(Cl)cn2)c1. The number of nitrogens with zero attached hydrogens (tertiary/aromatic N) is 2. The Morgan fingerprint density at radius 3 is 2.37 bits per heavy atom. The number of aliphatic hydroxyl groups excluding tert-OH is 1. The zero-order valence-corrected chi connectivity index (χ0v) is 12.1. The van der Waals surface area contributed by atoms with E-state index >= 15 is 0 Å². The lowest BCUT2D eigenvalue weighted by Gasteiger charge is -2.20. The molecule has 0 radical (unpaired) electrons. The maximum atomic E-state index is 9.25. The molecule has 0 saturated carbocycles. The van der Waals surface area contributed by atoms with E-state index < -0.39 is 0 Å². The van der Waals surface area contributed by atoms with Crippen molar-refractivity contribution in [3.63, 3.8) is 0 Å². The molecule has 0 amide bonds. The highest BCUT2D eigenvalue weighted by molar-refractivity contribution is 6.31. The van der Waals surface area contributed by atoms with Crippen LogP contribution in [0.3, 0.4) is 0 Å². The molecule has 4 heteroatoms. The van der Waals surface area contributed by atoms with Crippen LogP contribution in [0.2, 0.25) is 5.02 Å². The van der Waals surface area contributed by atoms with Crippen LogP contribution in [-0.2, 0) is 6.61 Å². The Morgan fingerprint density at radius 1 is 1.16 bits per heavy atom. The highest BCUT2D eigenvalue weighted by atomic mass is 35.5. The summed E-state index contributed by atoms with van der Waals surface area (Å²) in [4.78, 5) is 6.29. The Labute approximate surface area is 118 Å². The molecule has 0 fully saturated rings. The predicted molar refractivity (Wildman–Crippen MR) is 79.1 cm³/mol. The number of hydrogen-bond acceptors (Lipinski definition) is 3. The number of pyridine rings is 1. The maximum absolute atomic E-state index is 9.25. The topological polar surface area (TPSA) is 36.4 Å². The van der Waals surface area contributed by atoms with Crippen LogP contribution in [0.1, 0.15) is 16.7 Å². The van der Waals surface area contributed by atoms with Crippen molar-refractivity contribution >= 4 is 23.1 Å². The van der Waals surface area contributed by atoms with Gasteiger partial charge in [0.25, 0.3) is 0 Å². The molecular weight excluding hydrogens is 260 g/mol. The van der Waals surface area contributed by atoms with Gasteiger partial charge in [-0.25, -0.2) is 4.98 Å². The number of hydrogen-bond donors (Lipinski definition) is 1. The number of rotatable bonds is 3. The summed E-state index contributed by atoms with van der Waals surface area (Å²) in [6, 6.07) is 8.13. The zero-order valence-electron chi connectivity index (χ0n) is 11.3. The van der Waals surface area contributed by atoms with E-state index in [1.54, 1.807) is 12.3 Å². The number of aromatic nitrogens is 1. The zero-order chi connectivity index (χ0) is 14.0. The molecule has 0 aliphatic carbocycles. The number of benzene rings is 1. The maximum Gasteiger partial charge on any atom is 0.133 e. The van der Waals surface area contributed by atoms with E-state index in [0.717, 1.165) is 11.5 Å². The van der Waals surface area contributed by atoms with Crippen LogP contribution in [0.5, 0.6) is 0 Å². The standard InChI is InChI=1S/C15H17ClN2O/c1-10-4-11(2)6-13(5-10)18(3)15-7-12(9-19)14(16)8-17-15/h4-8,19H,9H2,1-3H3. The van der Waals surface area contributed by atoms with Crippen LogP contribution in [-0.4, -0.2) is 17.1 Å². The summed E-state index contributed by atoms with van der Waals surface area (Å²) in [5.74, 6) is 0.762. The summed E-state index contributed by atoms with van der Waals surface area (Å²) < 4.78 is 0. The second kappa shape index (κ2) is 5.59. The number of halogens is 1. The second-order valence-electron chi connectivity index (χ2n) is 4.70. The number of aryl methyl sites for hydroxylation is 2. The molecular formula is C15H17ClN2O. The van der Waals surface area contributed by atoms with Crippen molar-refractivity contribution in [2.45, 2.75) is 20.5 Å². The van der Waals surface area contributed by atoms with E-state index in [1.807, 2.05) is 11.9 Å². The molecule has 2 rings (SSSR count). The lowest BCUT2D eigenvalue weighted by atomic mass is 10.1. The largest absolute Gasteiger partial charge is 0.392 e. The van der Waals surface area contributed by atoms with E-state index in [9.17, 15) is 5.11 Å². The molecule has 0 spiro atoms. The quantitative estimate of drug-likeness (QED) is 0.930. The molecule has 1 aromatic heterocycles. The van der Waals surface area contributed by atoms with Gasteiger partial charge in [-0.05, 0) is 43.2 Å². The summed E-state index contributed by atoms with van der Waals surface area (Å²) in [6.07, 6.45) is 1.57. The van der Waals surface area contributed by atoms with Crippen LogP contribution in [0.15, 0.2) is 30.5 Å². The first-order chi connectivity index (χ1) is 9.01. The summed E-state index contributed by atoms with van der Waals surface area (Å²) in [5, 5.41) is 9.74. The predicted octanol–water partition coefficient (Wildman–Crippen LogP) is 3.61. The summed E-state index contributed by atoms with van der Waals surface area (Å²) in [5.41, 5.74) is 4.16. The highest BCUT2D eigenvalue weighted by Gasteiger charge is 2.09. The first kappa shape index (κ1) is 13.8. The van der Waals surface area contributed by atoms with Gasteiger partial charge in [0.05, 0.1) is 11.6 Å². The van der Waals surface area contributed by atoms with Crippen molar-refractivity contribution < 1.29 is 5.11 Å². The molecule has 1 heterocycles. The van der Waals surface area contributed by atoms with Crippen molar-refractivity contribution in [2.24, 2.45) is 0 Å². The van der Waals surface area contributed by atoms with Gasteiger partial charge in [-0.15, -0.1) is 0 Å². The van der Waals surface area contributed by atoms with Crippen LogP contribution in [0.4, 0.5) is 11.5 Å². The van der Waals surface area contributed by atoms with Gasteiger partial charge in [0.1, 0.15) is 5.82 Å². The lowest BCUT2D eigenvalue weighted by molar-refractivity contribution is 0.282. The van der Waals surface area contributed by atoms with E-state index in [0.29, 0.717) is 10.6 Å². The Kier molecular flexibility index (Phi) is 4.08. The Hall–Kier alpha value is -1.58. The van der Waals surface area contributed by atoms with Gasteiger partial charge in [0.15, 0.2) is 0 Å². The molecule has 3 nitrogen and oxygen atoms in total. The van der Waals surface area contributed by atoms with Gasteiger partial charge in [-0.1, -0.05) is 17.7 Å². The monoisotopic (exact) mass is 276 g/mol. The van der Waals surface area contributed by atoms with Gasteiger partial charge < -0.3 is 10.0 Å². The van der Waals surface area contributed by atoms with Gasteiger partial charge in [0.2, 0.25) is 0 Å². The van der Waals surface area contributed by atoms with Crippen LogP contribution >= 0.6 is 11.6 Å². The Balaban J connectivity index is 2.40. The lowest BCUT2D eigenvalue weighted by Crippen LogP contribution is -2.12. The van der Waals surface area contributed by atoms with Gasteiger partial charge in [-0.2, -0.15) is 0 Å². The van der Waals surface area contributed by atoms with Crippen LogP contribution in [0, 0.1) is 13.8 Å². The fourth-order valence-corrected chi connectivity index (χ4v) is 2.21. The molecule has 0 bridgehead atoms. The number of anilines is 2. The van der Waals surface area contributed by atoms with Crippen LogP contribution < -0.4 is 4.90 Å². The molecule has 0 saturated heterocycles. The van der Waals surface area contributed by atoms with E-state index in [2.05, 4.69) is 37.0 Å². The van der Waals surface area contributed by atoms with Gasteiger partial charge >= 0.3 is 0 Å². The van der Waals surface area contributed by atoms with Crippen molar-refractivity contribution in [3.8, 4) is 0 Å². The summed E-state index contributed by atoms with van der Waals surface area (Å²) >= 11 is 5.96. The van der Waals surface area contributed by atoms with Crippen molar-refractivity contribution in [2.75, 3.05) is 11.9 Å². The van der Waals surface area contributed by atoms with Crippen molar-refractivity contribution in [1.82, 2.24) is 4.98 Å². The molecule has 1 aromatic carbocycles. The Bertz CT molecular complexity index is 578. The minimum Gasteiger partial charge on any atom is -0.392 e. The van der Waals surface area contributed by atoms with Gasteiger partial charge in [-0.3, -0.25) is 0 Å². The third-order valence-electron chi connectivity index (χ3n) is 3.03. The second-order valence-corrected chi connectivity index (χ2v) is 5.10.